The van der Waals surface area contributed by atoms with Gasteiger partial charge in [-0.15, -0.1) is 0 Å². The molecule has 20 heavy (non-hydrogen) atoms. The van der Waals surface area contributed by atoms with Crippen LogP contribution >= 0.6 is 0 Å². The molecule has 3 nitrogen and oxygen atoms in total. The second-order valence-corrected chi connectivity index (χ2v) is 6.69. The molecule has 0 spiro atoms. The van der Waals surface area contributed by atoms with Crippen molar-refractivity contribution in [3.05, 3.63) is 59.4 Å². The maximum Gasteiger partial charge on any atom is 0.177 e. The fourth-order valence-electron chi connectivity index (χ4n) is 1.95. The fraction of sp³-hybridized carbons (Fsp3) is 0.200. The molecule has 1 N–H and O–H groups in total. The van der Waals surface area contributed by atoms with Crippen molar-refractivity contribution in [3.8, 4) is 0 Å². The van der Waals surface area contributed by atoms with Crippen molar-refractivity contribution in [1.82, 2.24) is 0 Å². The lowest BCUT2D eigenvalue weighted by atomic mass is 10.1. The van der Waals surface area contributed by atoms with Crippen LogP contribution in [0.3, 0.4) is 0 Å². The number of hydrogen-bond donors (Lipinski definition) is 1. The second kappa shape index (κ2) is 5.63. The van der Waals surface area contributed by atoms with E-state index in [1.807, 2.05) is 0 Å². The summed E-state index contributed by atoms with van der Waals surface area (Å²) in [5.41, 5.74) is 2.02. The van der Waals surface area contributed by atoms with E-state index < -0.39 is 9.84 Å². The van der Waals surface area contributed by atoms with Crippen molar-refractivity contribution in [2.24, 2.45) is 0 Å². The molecular formula is C15H16FNO2S. The van der Waals surface area contributed by atoms with Gasteiger partial charge in [-0.25, -0.2) is 12.8 Å². The summed E-state index contributed by atoms with van der Waals surface area (Å²) in [6, 6.07) is 11.6. The average molecular weight is 293 g/mol. The number of sulfone groups is 1. The van der Waals surface area contributed by atoms with Crippen molar-refractivity contribution in [1.29, 1.82) is 0 Å². The van der Waals surface area contributed by atoms with E-state index >= 15 is 0 Å². The average Bonchev–Trinajstić information content (AvgIpc) is 2.39. The maximum absolute atomic E-state index is 13.2. The molecule has 0 amide bonds. The van der Waals surface area contributed by atoms with Gasteiger partial charge in [0.05, 0.1) is 10.6 Å². The standard InChI is InChI=1S/C15H16FNO2S/c1-11-9-12(7-8-13(11)16)10-17-14-5-3-4-6-15(14)20(2,18)19/h3-9,17H,10H2,1-2H3. The molecule has 0 aromatic heterocycles. The molecule has 2 aromatic carbocycles. The largest absolute Gasteiger partial charge is 0.380 e. The second-order valence-electron chi connectivity index (χ2n) is 4.71. The van der Waals surface area contributed by atoms with Gasteiger partial charge in [0.1, 0.15) is 5.82 Å². The molecule has 0 heterocycles. The Morgan fingerprint density at radius 3 is 2.50 bits per heavy atom. The summed E-state index contributed by atoms with van der Waals surface area (Å²) < 4.78 is 36.5. The van der Waals surface area contributed by atoms with E-state index in [9.17, 15) is 12.8 Å². The third kappa shape index (κ3) is 3.36. The first-order valence-electron chi connectivity index (χ1n) is 6.16. The van der Waals surface area contributed by atoms with E-state index in [0.717, 1.165) is 5.56 Å². The molecule has 0 radical (unpaired) electrons. The number of rotatable bonds is 4. The van der Waals surface area contributed by atoms with Crippen LogP contribution < -0.4 is 5.32 Å². The van der Waals surface area contributed by atoms with Gasteiger partial charge in [-0.1, -0.05) is 24.3 Å². The van der Waals surface area contributed by atoms with Gasteiger partial charge in [-0.05, 0) is 36.2 Å². The Kier molecular flexibility index (Phi) is 4.09. The lowest BCUT2D eigenvalue weighted by molar-refractivity contribution is 0.602. The van der Waals surface area contributed by atoms with E-state index in [-0.39, 0.29) is 10.7 Å². The molecule has 0 bridgehead atoms. The maximum atomic E-state index is 13.2. The molecule has 106 valence electrons. The lowest BCUT2D eigenvalue weighted by Gasteiger charge is -2.11. The van der Waals surface area contributed by atoms with Gasteiger partial charge in [0, 0.05) is 12.8 Å². The Balaban J connectivity index is 2.21. The van der Waals surface area contributed by atoms with Crippen LogP contribution in [-0.2, 0) is 16.4 Å². The van der Waals surface area contributed by atoms with Crippen molar-refractivity contribution < 1.29 is 12.8 Å². The fourth-order valence-corrected chi connectivity index (χ4v) is 2.82. The molecule has 0 saturated heterocycles. The lowest BCUT2D eigenvalue weighted by Crippen LogP contribution is -2.06. The number of anilines is 1. The molecule has 0 unspecified atom stereocenters. The van der Waals surface area contributed by atoms with Crippen LogP contribution in [0.5, 0.6) is 0 Å². The minimum atomic E-state index is -3.28. The van der Waals surface area contributed by atoms with Crippen LogP contribution in [0, 0.1) is 12.7 Å². The van der Waals surface area contributed by atoms with E-state index in [1.165, 1.54) is 12.3 Å². The molecule has 0 atom stereocenters. The van der Waals surface area contributed by atoms with Gasteiger partial charge in [0.2, 0.25) is 0 Å². The first-order chi connectivity index (χ1) is 9.38. The van der Waals surface area contributed by atoms with Gasteiger partial charge in [-0.3, -0.25) is 0 Å². The Bertz CT molecular complexity index is 726. The van der Waals surface area contributed by atoms with Crippen LogP contribution in [0.25, 0.3) is 0 Å². The molecule has 0 saturated carbocycles. The highest BCUT2D eigenvalue weighted by Gasteiger charge is 2.12. The molecule has 0 fully saturated rings. The van der Waals surface area contributed by atoms with Crippen LogP contribution in [0.15, 0.2) is 47.4 Å². The van der Waals surface area contributed by atoms with E-state index in [0.29, 0.717) is 17.8 Å². The summed E-state index contributed by atoms with van der Waals surface area (Å²) in [6.07, 6.45) is 1.18. The minimum absolute atomic E-state index is 0.245. The number of halogens is 1. The van der Waals surface area contributed by atoms with Crippen molar-refractivity contribution in [2.45, 2.75) is 18.4 Å². The Morgan fingerprint density at radius 2 is 1.85 bits per heavy atom. The number of hydrogen-bond acceptors (Lipinski definition) is 3. The van der Waals surface area contributed by atoms with Crippen LogP contribution in [0.2, 0.25) is 0 Å². The highest BCUT2D eigenvalue weighted by atomic mass is 32.2. The quantitative estimate of drug-likeness (QED) is 0.942. The first-order valence-corrected chi connectivity index (χ1v) is 8.05. The molecule has 2 aromatic rings. The van der Waals surface area contributed by atoms with Gasteiger partial charge < -0.3 is 5.32 Å². The Labute approximate surface area is 118 Å². The topological polar surface area (TPSA) is 46.2 Å². The van der Waals surface area contributed by atoms with Crippen LogP contribution in [0.4, 0.5) is 10.1 Å². The van der Waals surface area contributed by atoms with E-state index in [4.69, 9.17) is 0 Å². The van der Waals surface area contributed by atoms with Crippen molar-refractivity contribution >= 4 is 15.5 Å². The molecule has 5 heteroatoms. The zero-order valence-electron chi connectivity index (χ0n) is 11.4. The zero-order valence-corrected chi connectivity index (χ0v) is 12.2. The SMILES string of the molecule is Cc1cc(CNc2ccccc2S(C)(=O)=O)ccc1F. The predicted molar refractivity (Wildman–Crippen MR) is 78.0 cm³/mol. The van der Waals surface area contributed by atoms with Crippen molar-refractivity contribution in [3.63, 3.8) is 0 Å². The summed E-state index contributed by atoms with van der Waals surface area (Å²) in [5, 5.41) is 3.08. The Morgan fingerprint density at radius 1 is 1.15 bits per heavy atom. The Hall–Kier alpha value is -1.88. The number of benzene rings is 2. The van der Waals surface area contributed by atoms with Gasteiger partial charge >= 0.3 is 0 Å². The normalized spacial score (nSPS) is 11.3. The summed E-state index contributed by atoms with van der Waals surface area (Å²) in [6.45, 7) is 2.14. The predicted octanol–water partition coefficient (Wildman–Crippen LogP) is 3.15. The van der Waals surface area contributed by atoms with Crippen molar-refractivity contribution in [2.75, 3.05) is 11.6 Å². The molecular weight excluding hydrogens is 277 g/mol. The number of para-hydroxylation sites is 1. The van der Waals surface area contributed by atoms with Gasteiger partial charge in [0.15, 0.2) is 9.84 Å². The van der Waals surface area contributed by atoms with E-state index in [1.54, 1.807) is 43.3 Å². The van der Waals surface area contributed by atoms with Crippen LogP contribution in [0.1, 0.15) is 11.1 Å². The first kappa shape index (κ1) is 14.5. The molecule has 0 aliphatic rings. The molecule has 0 aliphatic carbocycles. The van der Waals surface area contributed by atoms with Crippen LogP contribution in [-0.4, -0.2) is 14.7 Å². The summed E-state index contributed by atoms with van der Waals surface area (Å²) >= 11 is 0. The minimum Gasteiger partial charge on any atom is -0.380 e. The third-order valence-electron chi connectivity index (χ3n) is 2.99. The molecule has 0 aliphatic heterocycles. The number of aryl methyl sites for hydroxylation is 1. The smallest absolute Gasteiger partial charge is 0.177 e. The molecule has 2 rings (SSSR count). The summed E-state index contributed by atoms with van der Waals surface area (Å²) in [4.78, 5) is 0.263. The highest BCUT2D eigenvalue weighted by Crippen LogP contribution is 2.21. The zero-order chi connectivity index (χ0) is 14.8. The summed E-state index contributed by atoms with van der Waals surface area (Å²) in [5.74, 6) is -0.245. The third-order valence-corrected chi connectivity index (χ3v) is 4.15. The van der Waals surface area contributed by atoms with Gasteiger partial charge in [-0.2, -0.15) is 0 Å². The highest BCUT2D eigenvalue weighted by molar-refractivity contribution is 7.90. The number of nitrogens with one attached hydrogen (secondary N) is 1. The van der Waals surface area contributed by atoms with Gasteiger partial charge in [0.25, 0.3) is 0 Å². The monoisotopic (exact) mass is 293 g/mol. The van der Waals surface area contributed by atoms with E-state index in [2.05, 4.69) is 5.32 Å². The summed E-state index contributed by atoms with van der Waals surface area (Å²) in [7, 11) is -3.28.